The zero-order valence-corrected chi connectivity index (χ0v) is 9.69. The van der Waals surface area contributed by atoms with Crippen molar-refractivity contribution in [1.82, 2.24) is 5.32 Å². The predicted octanol–water partition coefficient (Wildman–Crippen LogP) is 2.23. The number of nitrogens with one attached hydrogen (secondary N) is 1. The molecule has 1 aromatic rings. The molecule has 15 heavy (non-hydrogen) atoms. The van der Waals surface area contributed by atoms with Crippen molar-refractivity contribution in [3.63, 3.8) is 0 Å². The summed E-state index contributed by atoms with van der Waals surface area (Å²) in [6.07, 6.45) is 4.49. The van der Waals surface area contributed by atoms with Crippen molar-refractivity contribution in [2.24, 2.45) is 0 Å². The van der Waals surface area contributed by atoms with Gasteiger partial charge in [-0.2, -0.15) is 11.3 Å². The van der Waals surface area contributed by atoms with Gasteiger partial charge < -0.3 is 10.1 Å². The summed E-state index contributed by atoms with van der Waals surface area (Å²) >= 11 is 1.77. The van der Waals surface area contributed by atoms with Crippen molar-refractivity contribution in [2.75, 3.05) is 26.3 Å². The maximum Gasteiger partial charge on any atom is 0.0689 e. The highest BCUT2D eigenvalue weighted by atomic mass is 32.1. The van der Waals surface area contributed by atoms with Crippen molar-refractivity contribution in [1.29, 1.82) is 0 Å². The molecule has 3 heteroatoms. The van der Waals surface area contributed by atoms with E-state index in [0.29, 0.717) is 0 Å². The first-order chi connectivity index (χ1) is 7.45. The predicted molar refractivity (Wildman–Crippen MR) is 64.4 cm³/mol. The van der Waals surface area contributed by atoms with E-state index in [-0.39, 0.29) is 0 Å². The molecule has 0 spiro atoms. The van der Waals surface area contributed by atoms with Crippen LogP contribution in [0.4, 0.5) is 0 Å². The van der Waals surface area contributed by atoms with Gasteiger partial charge in [0.05, 0.1) is 13.2 Å². The van der Waals surface area contributed by atoms with E-state index < -0.39 is 0 Å². The Bertz CT molecular complexity index is 305. The lowest BCUT2D eigenvalue weighted by molar-refractivity contribution is 0.149. The molecule has 0 unspecified atom stereocenters. The van der Waals surface area contributed by atoms with Crippen molar-refractivity contribution in [2.45, 2.75) is 12.8 Å². The molecular weight excluding hydrogens is 206 g/mol. The average Bonchev–Trinajstić information content (AvgIpc) is 2.79. The minimum Gasteiger partial charge on any atom is -0.377 e. The van der Waals surface area contributed by atoms with E-state index in [4.69, 9.17) is 4.74 Å². The molecule has 1 aliphatic heterocycles. The highest BCUT2D eigenvalue weighted by molar-refractivity contribution is 7.07. The lowest BCUT2D eigenvalue weighted by Crippen LogP contribution is -2.23. The summed E-state index contributed by atoms with van der Waals surface area (Å²) < 4.78 is 5.38. The molecule has 2 heterocycles. The Morgan fingerprint density at radius 3 is 3.20 bits per heavy atom. The van der Waals surface area contributed by atoms with Crippen molar-refractivity contribution >= 4 is 11.3 Å². The van der Waals surface area contributed by atoms with Gasteiger partial charge in [0.1, 0.15) is 0 Å². The molecule has 2 rings (SSSR count). The summed E-state index contributed by atoms with van der Waals surface area (Å²) in [5, 5.41) is 7.79. The monoisotopic (exact) mass is 223 g/mol. The van der Waals surface area contributed by atoms with Crippen LogP contribution in [0.15, 0.2) is 28.5 Å². The van der Waals surface area contributed by atoms with Crippen LogP contribution in [0.3, 0.4) is 0 Å². The van der Waals surface area contributed by atoms with Gasteiger partial charge in [0.2, 0.25) is 0 Å². The van der Waals surface area contributed by atoms with Crippen molar-refractivity contribution < 1.29 is 4.74 Å². The summed E-state index contributed by atoms with van der Waals surface area (Å²) in [6.45, 7) is 3.72. The first kappa shape index (κ1) is 10.9. The van der Waals surface area contributed by atoms with E-state index in [1.807, 2.05) is 0 Å². The van der Waals surface area contributed by atoms with Crippen LogP contribution in [0.2, 0.25) is 0 Å². The Morgan fingerprint density at radius 1 is 1.47 bits per heavy atom. The van der Waals surface area contributed by atoms with E-state index in [2.05, 4.69) is 28.2 Å². The van der Waals surface area contributed by atoms with Gasteiger partial charge in [0.25, 0.3) is 0 Å². The molecule has 1 aliphatic rings. The van der Waals surface area contributed by atoms with Crippen LogP contribution in [0.1, 0.15) is 12.0 Å². The molecule has 0 saturated carbocycles. The van der Waals surface area contributed by atoms with Crippen molar-refractivity contribution in [3.05, 3.63) is 34.0 Å². The fraction of sp³-hybridized carbons (Fsp3) is 0.500. The summed E-state index contributed by atoms with van der Waals surface area (Å²) in [6, 6.07) is 2.19. The number of hydrogen-bond donors (Lipinski definition) is 1. The van der Waals surface area contributed by atoms with Gasteiger partial charge >= 0.3 is 0 Å². The molecule has 0 radical (unpaired) electrons. The normalized spacial score (nSPS) is 16.4. The quantitative estimate of drug-likeness (QED) is 0.610. The molecular formula is C12H17NOS. The molecule has 0 fully saturated rings. The zero-order valence-electron chi connectivity index (χ0n) is 8.87. The molecule has 1 aromatic heterocycles. The average molecular weight is 223 g/mol. The first-order valence-corrected chi connectivity index (χ1v) is 6.37. The van der Waals surface area contributed by atoms with Gasteiger partial charge in [-0.25, -0.2) is 0 Å². The fourth-order valence-corrected chi connectivity index (χ4v) is 2.35. The van der Waals surface area contributed by atoms with Gasteiger partial charge in [-0.3, -0.25) is 0 Å². The van der Waals surface area contributed by atoms with Gasteiger partial charge in [-0.15, -0.1) is 0 Å². The first-order valence-electron chi connectivity index (χ1n) is 5.42. The van der Waals surface area contributed by atoms with Crippen LogP contribution in [0.5, 0.6) is 0 Å². The Labute approximate surface area is 95.0 Å². The second-order valence-electron chi connectivity index (χ2n) is 3.76. The molecule has 0 atom stereocenters. The van der Waals surface area contributed by atoms with E-state index in [1.165, 1.54) is 11.1 Å². The van der Waals surface area contributed by atoms with Gasteiger partial charge in [-0.1, -0.05) is 6.08 Å². The van der Waals surface area contributed by atoms with Crippen LogP contribution in [-0.4, -0.2) is 26.3 Å². The molecule has 2 nitrogen and oxygen atoms in total. The minimum absolute atomic E-state index is 0.811. The third-order valence-electron chi connectivity index (χ3n) is 2.51. The number of thiophene rings is 1. The molecule has 0 bridgehead atoms. The molecule has 0 saturated heterocycles. The van der Waals surface area contributed by atoms with Gasteiger partial charge in [0, 0.05) is 6.54 Å². The second kappa shape index (κ2) is 6.05. The van der Waals surface area contributed by atoms with Crippen LogP contribution >= 0.6 is 11.3 Å². The second-order valence-corrected chi connectivity index (χ2v) is 4.54. The smallest absolute Gasteiger partial charge is 0.0689 e. The van der Waals surface area contributed by atoms with Crippen molar-refractivity contribution in [3.8, 4) is 0 Å². The maximum atomic E-state index is 5.38. The minimum atomic E-state index is 0.811. The lowest BCUT2D eigenvalue weighted by atomic mass is 10.2. The van der Waals surface area contributed by atoms with Crippen LogP contribution in [0.25, 0.3) is 0 Å². The maximum absolute atomic E-state index is 5.38. The molecule has 0 amide bonds. The number of rotatable bonds is 5. The fourth-order valence-electron chi connectivity index (χ4n) is 1.65. The lowest BCUT2D eigenvalue weighted by Gasteiger charge is -2.13. The Hall–Kier alpha value is -0.640. The van der Waals surface area contributed by atoms with Crippen LogP contribution < -0.4 is 5.32 Å². The highest BCUT2D eigenvalue weighted by Gasteiger charge is 2.02. The zero-order chi connectivity index (χ0) is 10.3. The Kier molecular flexibility index (Phi) is 4.39. The topological polar surface area (TPSA) is 21.3 Å². The van der Waals surface area contributed by atoms with Crippen LogP contribution in [-0.2, 0) is 11.2 Å². The van der Waals surface area contributed by atoms with E-state index >= 15 is 0 Å². The van der Waals surface area contributed by atoms with E-state index in [1.54, 1.807) is 11.3 Å². The van der Waals surface area contributed by atoms with E-state index in [0.717, 1.165) is 39.1 Å². The van der Waals surface area contributed by atoms with Crippen LogP contribution in [0, 0.1) is 0 Å². The molecule has 0 aromatic carbocycles. The highest BCUT2D eigenvalue weighted by Crippen LogP contribution is 2.06. The summed E-state index contributed by atoms with van der Waals surface area (Å²) in [5.41, 5.74) is 2.83. The summed E-state index contributed by atoms with van der Waals surface area (Å²) in [5.74, 6) is 0. The Balaban J connectivity index is 1.60. The molecule has 1 N–H and O–H groups in total. The van der Waals surface area contributed by atoms with Gasteiger partial charge in [-0.05, 0) is 47.3 Å². The number of hydrogen-bond acceptors (Lipinski definition) is 3. The van der Waals surface area contributed by atoms with E-state index in [9.17, 15) is 0 Å². The third kappa shape index (κ3) is 3.78. The van der Waals surface area contributed by atoms with Gasteiger partial charge in [0.15, 0.2) is 0 Å². The standard InChI is InChI=1S/C12H17NOS/c1-2-12(9-14-6-1)8-13-5-3-11-4-7-15-10-11/h2,4,7,10,13H,1,3,5-6,8-9H2. The SMILES string of the molecule is C1=C(CNCCc2ccsc2)COCC1. The third-order valence-corrected chi connectivity index (χ3v) is 3.24. The Morgan fingerprint density at radius 2 is 2.47 bits per heavy atom. The molecule has 82 valence electrons. The molecule has 0 aliphatic carbocycles. The summed E-state index contributed by atoms with van der Waals surface area (Å²) in [4.78, 5) is 0. The largest absolute Gasteiger partial charge is 0.377 e. The number of ether oxygens (including phenoxy) is 1. The summed E-state index contributed by atoms with van der Waals surface area (Å²) in [7, 11) is 0.